The van der Waals surface area contributed by atoms with E-state index in [4.69, 9.17) is 4.74 Å². The molecule has 0 bridgehead atoms. The summed E-state index contributed by atoms with van der Waals surface area (Å²) in [6.07, 6.45) is 4.34. The maximum Gasteiger partial charge on any atom is 0.199 e. The Morgan fingerprint density at radius 3 is 2.82 bits per heavy atom. The number of allylic oxidation sites excluding steroid dienone is 2. The molecular weight excluding hydrogens is 140 g/mol. The van der Waals surface area contributed by atoms with E-state index in [9.17, 15) is 5.11 Å². The summed E-state index contributed by atoms with van der Waals surface area (Å²) in [5, 5.41) is 9.41. The molecule has 0 spiro atoms. The van der Waals surface area contributed by atoms with Crippen molar-refractivity contribution >= 4 is 0 Å². The lowest BCUT2D eigenvalue weighted by molar-refractivity contribution is -0.115. The summed E-state index contributed by atoms with van der Waals surface area (Å²) in [6, 6.07) is 0. The van der Waals surface area contributed by atoms with Crippen LogP contribution >= 0.6 is 0 Å². The molecular formula is C9H16O2. The number of rotatable bonds is 2. The third kappa shape index (κ3) is 1.96. The molecule has 0 aromatic heterocycles. The monoisotopic (exact) mass is 156 g/mol. The highest BCUT2D eigenvalue weighted by Crippen LogP contribution is 2.24. The molecule has 0 aliphatic carbocycles. The fraction of sp³-hybridized carbons (Fsp3) is 0.778. The lowest BCUT2D eigenvalue weighted by Crippen LogP contribution is -2.25. The van der Waals surface area contributed by atoms with Gasteiger partial charge in [-0.05, 0) is 18.9 Å². The van der Waals surface area contributed by atoms with E-state index in [1.54, 1.807) is 0 Å². The van der Waals surface area contributed by atoms with Crippen LogP contribution in [0.4, 0.5) is 0 Å². The zero-order valence-electron chi connectivity index (χ0n) is 7.21. The lowest BCUT2D eigenvalue weighted by atomic mass is 9.99. The van der Waals surface area contributed by atoms with Crippen molar-refractivity contribution in [2.75, 3.05) is 0 Å². The molecule has 2 atom stereocenters. The van der Waals surface area contributed by atoms with Crippen molar-refractivity contribution in [3.05, 3.63) is 11.8 Å². The molecule has 0 saturated carbocycles. The minimum atomic E-state index is -0.569. The molecule has 1 N–H and O–H groups in total. The summed E-state index contributed by atoms with van der Waals surface area (Å²) in [7, 11) is 0. The van der Waals surface area contributed by atoms with Gasteiger partial charge in [0.25, 0.3) is 0 Å². The molecule has 0 aromatic rings. The Hall–Kier alpha value is -0.500. The van der Waals surface area contributed by atoms with Crippen molar-refractivity contribution in [1.82, 2.24) is 0 Å². The molecule has 0 fully saturated rings. The molecule has 2 nitrogen and oxygen atoms in total. The molecule has 0 radical (unpaired) electrons. The first kappa shape index (κ1) is 8.60. The summed E-state index contributed by atoms with van der Waals surface area (Å²) in [6.45, 7) is 4.10. The molecule has 1 rings (SSSR count). The molecule has 0 aromatic carbocycles. The molecule has 0 saturated heterocycles. The van der Waals surface area contributed by atoms with Crippen LogP contribution in [0.5, 0.6) is 0 Å². The first-order valence-electron chi connectivity index (χ1n) is 4.31. The predicted molar refractivity (Wildman–Crippen MR) is 43.9 cm³/mol. The van der Waals surface area contributed by atoms with E-state index in [0.29, 0.717) is 5.92 Å². The quantitative estimate of drug-likeness (QED) is 0.663. The van der Waals surface area contributed by atoms with Gasteiger partial charge in [0.15, 0.2) is 6.29 Å². The van der Waals surface area contributed by atoms with Gasteiger partial charge in [0, 0.05) is 12.3 Å². The van der Waals surface area contributed by atoms with Crippen molar-refractivity contribution < 1.29 is 9.84 Å². The number of hydrogen-bond acceptors (Lipinski definition) is 2. The van der Waals surface area contributed by atoms with Crippen LogP contribution in [0.3, 0.4) is 0 Å². The predicted octanol–water partition coefficient (Wildman–Crippen LogP) is 2.05. The van der Waals surface area contributed by atoms with Gasteiger partial charge in [-0.3, -0.25) is 0 Å². The van der Waals surface area contributed by atoms with Gasteiger partial charge in [-0.2, -0.15) is 0 Å². The molecule has 1 aliphatic rings. The average molecular weight is 156 g/mol. The fourth-order valence-electron chi connectivity index (χ4n) is 1.29. The first-order valence-corrected chi connectivity index (χ1v) is 4.31. The summed E-state index contributed by atoms with van der Waals surface area (Å²) in [5.41, 5.74) is 0. The van der Waals surface area contributed by atoms with Crippen LogP contribution in [0.25, 0.3) is 0 Å². The van der Waals surface area contributed by atoms with Crippen molar-refractivity contribution in [3.63, 3.8) is 0 Å². The van der Waals surface area contributed by atoms with Crippen molar-refractivity contribution in [3.8, 4) is 0 Å². The maximum absolute atomic E-state index is 9.41. The van der Waals surface area contributed by atoms with Crippen LogP contribution in [0.1, 0.15) is 33.1 Å². The van der Waals surface area contributed by atoms with Crippen molar-refractivity contribution in [2.24, 2.45) is 5.92 Å². The van der Waals surface area contributed by atoms with Gasteiger partial charge in [0.1, 0.15) is 0 Å². The van der Waals surface area contributed by atoms with E-state index in [1.807, 2.05) is 6.92 Å². The summed E-state index contributed by atoms with van der Waals surface area (Å²) < 4.78 is 5.26. The molecule has 1 heterocycles. The highest BCUT2D eigenvalue weighted by molar-refractivity contribution is 4.97. The largest absolute Gasteiger partial charge is 0.470 e. The molecule has 2 unspecified atom stereocenters. The minimum Gasteiger partial charge on any atom is -0.470 e. The third-order valence-corrected chi connectivity index (χ3v) is 2.20. The van der Waals surface area contributed by atoms with E-state index >= 15 is 0 Å². The zero-order chi connectivity index (χ0) is 8.27. The SMILES string of the molecule is CCC1=CCC(CC)C(O)O1. The van der Waals surface area contributed by atoms with E-state index in [0.717, 1.165) is 25.0 Å². The van der Waals surface area contributed by atoms with Gasteiger partial charge >= 0.3 is 0 Å². The summed E-state index contributed by atoms with van der Waals surface area (Å²) in [5.74, 6) is 1.23. The highest BCUT2D eigenvalue weighted by Gasteiger charge is 2.22. The Bertz CT molecular complexity index is 152. The Morgan fingerprint density at radius 1 is 1.64 bits per heavy atom. The van der Waals surface area contributed by atoms with E-state index in [-0.39, 0.29) is 0 Å². The Kier molecular flexibility index (Phi) is 2.94. The molecule has 1 aliphatic heterocycles. The molecule has 2 heteroatoms. The smallest absolute Gasteiger partial charge is 0.199 e. The van der Waals surface area contributed by atoms with Crippen LogP contribution in [0.2, 0.25) is 0 Å². The third-order valence-electron chi connectivity index (χ3n) is 2.20. The fourth-order valence-corrected chi connectivity index (χ4v) is 1.29. The molecule has 64 valence electrons. The van der Waals surface area contributed by atoms with Crippen LogP contribution in [0, 0.1) is 5.92 Å². The van der Waals surface area contributed by atoms with Gasteiger partial charge in [-0.25, -0.2) is 0 Å². The highest BCUT2D eigenvalue weighted by atomic mass is 16.6. The topological polar surface area (TPSA) is 29.5 Å². The summed E-state index contributed by atoms with van der Waals surface area (Å²) >= 11 is 0. The number of aliphatic hydroxyl groups excluding tert-OH is 1. The first-order chi connectivity index (χ1) is 5.27. The van der Waals surface area contributed by atoms with E-state index < -0.39 is 6.29 Å². The Labute approximate surface area is 67.9 Å². The second-order valence-corrected chi connectivity index (χ2v) is 2.94. The van der Waals surface area contributed by atoms with Gasteiger partial charge in [0.2, 0.25) is 0 Å². The van der Waals surface area contributed by atoms with Crippen molar-refractivity contribution in [2.45, 2.75) is 39.4 Å². The van der Waals surface area contributed by atoms with Crippen LogP contribution < -0.4 is 0 Å². The van der Waals surface area contributed by atoms with Crippen LogP contribution in [-0.2, 0) is 4.74 Å². The number of aliphatic hydroxyl groups is 1. The normalized spacial score (nSPS) is 31.0. The van der Waals surface area contributed by atoms with Gasteiger partial charge in [-0.1, -0.05) is 13.8 Å². The molecule has 0 amide bonds. The van der Waals surface area contributed by atoms with E-state index in [1.165, 1.54) is 0 Å². The van der Waals surface area contributed by atoms with Gasteiger partial charge < -0.3 is 9.84 Å². The van der Waals surface area contributed by atoms with Gasteiger partial charge in [0.05, 0.1) is 5.76 Å². The van der Waals surface area contributed by atoms with Gasteiger partial charge in [-0.15, -0.1) is 0 Å². The lowest BCUT2D eigenvalue weighted by Gasteiger charge is -2.27. The standard InChI is InChI=1S/C9H16O2/c1-3-7-5-6-8(4-2)11-9(7)10/h6-7,9-10H,3-5H2,1-2H3. The average Bonchev–Trinajstić information content (AvgIpc) is 2.04. The summed E-state index contributed by atoms with van der Waals surface area (Å²) in [4.78, 5) is 0. The zero-order valence-corrected chi connectivity index (χ0v) is 7.21. The molecule has 11 heavy (non-hydrogen) atoms. The van der Waals surface area contributed by atoms with Crippen molar-refractivity contribution in [1.29, 1.82) is 0 Å². The number of ether oxygens (including phenoxy) is 1. The second-order valence-electron chi connectivity index (χ2n) is 2.94. The minimum absolute atomic E-state index is 0.297. The maximum atomic E-state index is 9.41. The Morgan fingerprint density at radius 2 is 2.36 bits per heavy atom. The Balaban J connectivity index is 2.51. The van der Waals surface area contributed by atoms with Crippen LogP contribution in [-0.4, -0.2) is 11.4 Å². The number of hydrogen-bond donors (Lipinski definition) is 1. The second kappa shape index (κ2) is 3.77. The van der Waals surface area contributed by atoms with Crippen LogP contribution in [0.15, 0.2) is 11.8 Å². The van der Waals surface area contributed by atoms with E-state index in [2.05, 4.69) is 13.0 Å².